The van der Waals surface area contributed by atoms with Crippen LogP contribution in [0.2, 0.25) is 0 Å². The van der Waals surface area contributed by atoms with E-state index in [1.165, 1.54) is 4.88 Å². The first-order chi connectivity index (χ1) is 13.9. The number of carbonyl (C=O) groups is 1. The van der Waals surface area contributed by atoms with E-state index in [0.717, 1.165) is 42.1 Å². The molecule has 1 aliphatic rings. The summed E-state index contributed by atoms with van der Waals surface area (Å²) in [5, 5.41) is 14.6. The van der Waals surface area contributed by atoms with E-state index in [0.29, 0.717) is 21.9 Å². The van der Waals surface area contributed by atoms with Crippen LogP contribution in [0.15, 0.2) is 36.5 Å². The number of thiophene rings is 1. The van der Waals surface area contributed by atoms with E-state index in [1.54, 1.807) is 11.3 Å². The number of fused-ring (bicyclic) bond motifs is 2. The molecule has 0 radical (unpaired) electrons. The molecule has 1 aliphatic carbocycles. The monoisotopic (exact) mass is 405 g/mol. The van der Waals surface area contributed by atoms with Crippen LogP contribution < -0.4 is 5.32 Å². The van der Waals surface area contributed by atoms with Gasteiger partial charge in [0.15, 0.2) is 0 Å². The molecule has 1 aromatic carbocycles. The summed E-state index contributed by atoms with van der Waals surface area (Å²) in [6, 6.07) is 12.4. The molecule has 2 heterocycles. The Morgan fingerprint density at radius 2 is 2.14 bits per heavy atom. The number of hydrogen-bond acceptors (Lipinski definition) is 3. The molecular weight excluding hydrogens is 378 g/mol. The summed E-state index contributed by atoms with van der Waals surface area (Å²) in [7, 11) is 0. The minimum absolute atomic E-state index is 0.0908. The number of aromatic nitrogens is 1. The standard InChI is InChI=1S/C24H27N3OS/c1-4-24(2,3)17-9-10-18-19(14-25)23(29-21(18)13-17)26-22(28)15-27-12-11-16-7-5-6-8-20(16)27/h5-8,11-12,17H,4,9-10,13,15H2,1-3H3,(H,26,28)/t17-/m0/s1. The zero-order valence-electron chi connectivity index (χ0n) is 17.3. The van der Waals surface area contributed by atoms with Gasteiger partial charge in [-0.05, 0) is 53.7 Å². The molecule has 0 saturated heterocycles. The molecule has 1 amide bonds. The van der Waals surface area contributed by atoms with Crippen molar-refractivity contribution in [3.8, 4) is 6.07 Å². The fraction of sp³-hybridized carbons (Fsp3) is 0.417. The summed E-state index contributed by atoms with van der Waals surface area (Å²) in [6.45, 7) is 7.17. The minimum Gasteiger partial charge on any atom is -0.338 e. The number of anilines is 1. The number of nitriles is 1. The van der Waals surface area contributed by atoms with Crippen molar-refractivity contribution in [3.63, 3.8) is 0 Å². The van der Waals surface area contributed by atoms with Gasteiger partial charge < -0.3 is 9.88 Å². The third-order valence-electron chi connectivity index (χ3n) is 6.64. The van der Waals surface area contributed by atoms with E-state index in [1.807, 2.05) is 41.1 Å². The number of para-hydroxylation sites is 1. The maximum atomic E-state index is 12.7. The molecule has 29 heavy (non-hydrogen) atoms. The second-order valence-corrected chi connectivity index (χ2v) is 9.76. The quantitative estimate of drug-likeness (QED) is 0.587. The van der Waals surface area contributed by atoms with Crippen molar-refractivity contribution in [1.82, 2.24) is 4.57 Å². The van der Waals surface area contributed by atoms with E-state index in [4.69, 9.17) is 0 Å². The first-order valence-corrected chi connectivity index (χ1v) is 11.1. The molecular formula is C24H27N3OS. The maximum Gasteiger partial charge on any atom is 0.244 e. The van der Waals surface area contributed by atoms with Gasteiger partial charge in [-0.25, -0.2) is 0 Å². The van der Waals surface area contributed by atoms with E-state index < -0.39 is 0 Å². The van der Waals surface area contributed by atoms with Crippen molar-refractivity contribution in [1.29, 1.82) is 5.26 Å². The molecule has 5 heteroatoms. The zero-order valence-corrected chi connectivity index (χ0v) is 18.1. The third kappa shape index (κ3) is 3.70. The summed E-state index contributed by atoms with van der Waals surface area (Å²) in [4.78, 5) is 14.0. The maximum absolute atomic E-state index is 12.7. The molecule has 4 rings (SSSR count). The number of nitrogens with one attached hydrogen (secondary N) is 1. The molecule has 2 aromatic heterocycles. The van der Waals surface area contributed by atoms with Crippen LogP contribution in [0.25, 0.3) is 10.9 Å². The number of benzene rings is 1. The average Bonchev–Trinajstić information content (AvgIpc) is 3.28. The minimum atomic E-state index is -0.0908. The van der Waals surface area contributed by atoms with Crippen LogP contribution >= 0.6 is 11.3 Å². The lowest BCUT2D eigenvalue weighted by atomic mass is 9.69. The van der Waals surface area contributed by atoms with E-state index >= 15 is 0 Å². The molecule has 1 N–H and O–H groups in total. The largest absolute Gasteiger partial charge is 0.338 e. The van der Waals surface area contributed by atoms with Crippen LogP contribution in [-0.4, -0.2) is 10.5 Å². The molecule has 150 valence electrons. The van der Waals surface area contributed by atoms with Crippen LogP contribution in [0.1, 0.15) is 49.6 Å². The normalized spacial score (nSPS) is 16.4. The van der Waals surface area contributed by atoms with Gasteiger partial charge in [-0.15, -0.1) is 11.3 Å². The Labute approximate surface area is 176 Å². The van der Waals surface area contributed by atoms with Gasteiger partial charge >= 0.3 is 0 Å². The molecule has 0 aliphatic heterocycles. The van der Waals surface area contributed by atoms with Crippen LogP contribution in [0.3, 0.4) is 0 Å². The van der Waals surface area contributed by atoms with E-state index in [9.17, 15) is 10.1 Å². The second kappa shape index (κ2) is 7.68. The lowest BCUT2D eigenvalue weighted by Crippen LogP contribution is -2.28. The van der Waals surface area contributed by atoms with Crippen LogP contribution in [0.5, 0.6) is 0 Å². The predicted molar refractivity (Wildman–Crippen MR) is 119 cm³/mol. The number of nitrogens with zero attached hydrogens (tertiary/aromatic N) is 2. The topological polar surface area (TPSA) is 57.8 Å². The van der Waals surface area contributed by atoms with Crippen molar-refractivity contribution in [3.05, 3.63) is 52.5 Å². The lowest BCUT2D eigenvalue weighted by molar-refractivity contribution is -0.116. The Hall–Kier alpha value is -2.58. The highest BCUT2D eigenvalue weighted by Crippen LogP contribution is 2.45. The van der Waals surface area contributed by atoms with Gasteiger partial charge in [0.2, 0.25) is 5.91 Å². The Kier molecular flexibility index (Phi) is 5.23. The van der Waals surface area contributed by atoms with Crippen molar-refractivity contribution < 1.29 is 4.79 Å². The summed E-state index contributed by atoms with van der Waals surface area (Å²) < 4.78 is 1.95. The molecule has 0 bridgehead atoms. The van der Waals surface area contributed by atoms with Crippen LogP contribution in [0, 0.1) is 22.7 Å². The number of hydrogen-bond donors (Lipinski definition) is 1. The number of carbonyl (C=O) groups excluding carboxylic acids is 1. The highest BCUT2D eigenvalue weighted by molar-refractivity contribution is 7.16. The smallest absolute Gasteiger partial charge is 0.244 e. The summed E-state index contributed by atoms with van der Waals surface area (Å²) >= 11 is 1.60. The van der Waals surface area contributed by atoms with Gasteiger partial charge in [0.1, 0.15) is 17.6 Å². The number of rotatable bonds is 5. The molecule has 0 saturated carbocycles. The van der Waals surface area contributed by atoms with Gasteiger partial charge in [0.05, 0.1) is 5.56 Å². The van der Waals surface area contributed by atoms with Crippen molar-refractivity contribution in [2.45, 2.75) is 53.0 Å². The van der Waals surface area contributed by atoms with E-state index in [2.05, 4.69) is 32.2 Å². The molecule has 3 aromatic rings. The first kappa shape index (κ1) is 19.7. The fourth-order valence-corrected chi connectivity index (χ4v) is 5.64. The van der Waals surface area contributed by atoms with Crippen molar-refractivity contribution >= 4 is 33.1 Å². The second-order valence-electron chi connectivity index (χ2n) is 8.65. The van der Waals surface area contributed by atoms with Gasteiger partial charge in [0, 0.05) is 16.6 Å². The summed E-state index contributed by atoms with van der Waals surface area (Å²) in [5.74, 6) is 0.534. The summed E-state index contributed by atoms with van der Waals surface area (Å²) in [6.07, 6.45) is 6.14. The Bertz CT molecular complexity index is 1100. The van der Waals surface area contributed by atoms with Gasteiger partial charge in [-0.2, -0.15) is 5.26 Å². The molecule has 0 fully saturated rings. The van der Waals surface area contributed by atoms with Crippen molar-refractivity contribution in [2.75, 3.05) is 5.32 Å². The third-order valence-corrected chi connectivity index (χ3v) is 7.81. The number of amides is 1. The molecule has 1 atom stereocenters. The lowest BCUT2D eigenvalue weighted by Gasteiger charge is -2.36. The van der Waals surface area contributed by atoms with Gasteiger partial charge in [-0.3, -0.25) is 4.79 Å². The molecule has 0 spiro atoms. The Morgan fingerprint density at radius 1 is 1.34 bits per heavy atom. The van der Waals surface area contributed by atoms with Gasteiger partial charge in [0.25, 0.3) is 0 Å². The molecule has 0 unspecified atom stereocenters. The van der Waals surface area contributed by atoms with E-state index in [-0.39, 0.29) is 12.5 Å². The van der Waals surface area contributed by atoms with Crippen LogP contribution in [-0.2, 0) is 24.2 Å². The fourth-order valence-electron chi connectivity index (χ4n) is 4.35. The van der Waals surface area contributed by atoms with Gasteiger partial charge in [-0.1, -0.05) is 45.4 Å². The molecule has 4 nitrogen and oxygen atoms in total. The highest BCUT2D eigenvalue weighted by Gasteiger charge is 2.34. The predicted octanol–water partition coefficient (Wildman–Crippen LogP) is 5.75. The SMILES string of the molecule is CCC(C)(C)[C@H]1CCc2c(sc(NC(=O)Cn3ccc4ccccc43)c2C#N)C1. The average molecular weight is 406 g/mol. The summed E-state index contributed by atoms with van der Waals surface area (Å²) in [5.41, 5.74) is 3.16. The first-order valence-electron chi connectivity index (χ1n) is 10.3. The zero-order chi connectivity index (χ0) is 20.6. The highest BCUT2D eigenvalue weighted by atomic mass is 32.1. The Morgan fingerprint density at radius 3 is 2.90 bits per heavy atom. The van der Waals surface area contributed by atoms with Crippen molar-refractivity contribution in [2.24, 2.45) is 11.3 Å². The Balaban J connectivity index is 1.54. The van der Waals surface area contributed by atoms with Crippen LogP contribution in [0.4, 0.5) is 5.00 Å².